The maximum atomic E-state index is 5.33. The maximum Gasteiger partial charge on any atom is 0.119 e. The molecule has 0 bridgehead atoms. The van der Waals surface area contributed by atoms with Crippen molar-refractivity contribution in [3.8, 4) is 5.75 Å². The normalized spacial score (nSPS) is 13.0. The van der Waals surface area contributed by atoms with Crippen molar-refractivity contribution in [2.45, 2.75) is 34.1 Å². The van der Waals surface area contributed by atoms with Gasteiger partial charge in [-0.25, -0.2) is 0 Å². The van der Waals surface area contributed by atoms with E-state index in [0.29, 0.717) is 17.8 Å². The van der Waals surface area contributed by atoms with Crippen LogP contribution < -0.4 is 10.1 Å². The van der Waals surface area contributed by atoms with Crippen LogP contribution in [0.15, 0.2) is 22.7 Å². The Morgan fingerprint density at radius 1 is 1.15 bits per heavy atom. The summed E-state index contributed by atoms with van der Waals surface area (Å²) < 4.78 is 6.50. The predicted octanol–water partition coefficient (Wildman–Crippen LogP) is 4.52. The Bertz CT molecular complexity index is 404. The van der Waals surface area contributed by atoms with Crippen LogP contribution in [-0.2, 0) is 6.42 Å². The Labute approximate surface area is 132 Å². The minimum atomic E-state index is 0.636. The van der Waals surface area contributed by atoms with Crippen LogP contribution in [0.4, 0.5) is 0 Å². The van der Waals surface area contributed by atoms with E-state index < -0.39 is 0 Å². The summed E-state index contributed by atoms with van der Waals surface area (Å²) in [6.07, 6.45) is 1.07. The van der Waals surface area contributed by atoms with Gasteiger partial charge in [-0.2, -0.15) is 0 Å². The van der Waals surface area contributed by atoms with E-state index in [1.807, 2.05) is 6.07 Å². The lowest BCUT2D eigenvalue weighted by atomic mass is 9.89. The van der Waals surface area contributed by atoms with Crippen molar-refractivity contribution < 1.29 is 4.74 Å². The molecule has 0 radical (unpaired) electrons. The molecule has 1 aromatic carbocycles. The average Bonchev–Trinajstić information content (AvgIpc) is 2.39. The highest BCUT2D eigenvalue weighted by Gasteiger charge is 2.16. The quantitative estimate of drug-likeness (QED) is 0.750. The van der Waals surface area contributed by atoms with Gasteiger partial charge in [-0.3, -0.25) is 0 Å². The molecule has 0 spiro atoms. The SMILES string of the molecule is COc1ccc(Br)c(CC(CNCC(C)C)C(C)C)c1. The summed E-state index contributed by atoms with van der Waals surface area (Å²) in [6, 6.07) is 6.21. The summed E-state index contributed by atoms with van der Waals surface area (Å²) in [5.41, 5.74) is 1.33. The molecule has 1 aromatic rings. The van der Waals surface area contributed by atoms with E-state index >= 15 is 0 Å². The Hall–Kier alpha value is -0.540. The molecule has 114 valence electrons. The Morgan fingerprint density at radius 3 is 2.40 bits per heavy atom. The van der Waals surface area contributed by atoms with Crippen molar-refractivity contribution in [1.82, 2.24) is 5.32 Å². The van der Waals surface area contributed by atoms with E-state index in [4.69, 9.17) is 4.74 Å². The second kappa shape index (κ2) is 8.68. The minimum Gasteiger partial charge on any atom is -0.497 e. The van der Waals surface area contributed by atoms with Crippen LogP contribution in [0.1, 0.15) is 33.3 Å². The number of nitrogens with one attached hydrogen (secondary N) is 1. The van der Waals surface area contributed by atoms with Crippen molar-refractivity contribution in [2.24, 2.45) is 17.8 Å². The zero-order valence-corrected chi connectivity index (χ0v) is 15.0. The van der Waals surface area contributed by atoms with Crippen molar-refractivity contribution >= 4 is 15.9 Å². The fraction of sp³-hybridized carbons (Fsp3) is 0.647. The van der Waals surface area contributed by atoms with E-state index in [1.165, 1.54) is 10.0 Å². The molecule has 0 aliphatic rings. The van der Waals surface area contributed by atoms with Gasteiger partial charge in [0.25, 0.3) is 0 Å². The maximum absolute atomic E-state index is 5.33. The van der Waals surface area contributed by atoms with Gasteiger partial charge in [0.15, 0.2) is 0 Å². The predicted molar refractivity (Wildman–Crippen MR) is 90.4 cm³/mol. The molecule has 3 heteroatoms. The first kappa shape index (κ1) is 17.5. The second-order valence-electron chi connectivity index (χ2n) is 6.22. The van der Waals surface area contributed by atoms with Gasteiger partial charge in [-0.1, -0.05) is 43.6 Å². The third kappa shape index (κ3) is 5.84. The van der Waals surface area contributed by atoms with Gasteiger partial charge >= 0.3 is 0 Å². The van der Waals surface area contributed by atoms with Crippen LogP contribution in [0, 0.1) is 17.8 Å². The van der Waals surface area contributed by atoms with E-state index in [9.17, 15) is 0 Å². The smallest absolute Gasteiger partial charge is 0.119 e. The van der Waals surface area contributed by atoms with E-state index in [1.54, 1.807) is 7.11 Å². The van der Waals surface area contributed by atoms with Crippen LogP contribution in [0.2, 0.25) is 0 Å². The average molecular weight is 342 g/mol. The number of methoxy groups -OCH3 is 1. The first-order valence-corrected chi connectivity index (χ1v) is 8.26. The first-order valence-electron chi connectivity index (χ1n) is 7.47. The molecular formula is C17H28BrNO. The number of benzene rings is 1. The zero-order valence-electron chi connectivity index (χ0n) is 13.4. The highest BCUT2D eigenvalue weighted by molar-refractivity contribution is 9.10. The molecule has 0 aliphatic carbocycles. The Balaban J connectivity index is 2.69. The molecular weight excluding hydrogens is 314 g/mol. The fourth-order valence-corrected chi connectivity index (χ4v) is 2.63. The van der Waals surface area contributed by atoms with E-state index in [-0.39, 0.29) is 0 Å². The topological polar surface area (TPSA) is 21.3 Å². The standard InChI is InChI=1S/C17H28BrNO/c1-12(2)10-19-11-15(13(3)4)8-14-9-16(20-5)6-7-17(14)18/h6-7,9,12-13,15,19H,8,10-11H2,1-5H3. The molecule has 0 saturated heterocycles. The highest BCUT2D eigenvalue weighted by atomic mass is 79.9. The van der Waals surface area contributed by atoms with Gasteiger partial charge in [0.05, 0.1) is 7.11 Å². The molecule has 20 heavy (non-hydrogen) atoms. The van der Waals surface area contributed by atoms with Crippen molar-refractivity contribution in [2.75, 3.05) is 20.2 Å². The van der Waals surface area contributed by atoms with Crippen molar-refractivity contribution in [3.05, 3.63) is 28.2 Å². The highest BCUT2D eigenvalue weighted by Crippen LogP contribution is 2.27. The van der Waals surface area contributed by atoms with Crippen LogP contribution in [-0.4, -0.2) is 20.2 Å². The summed E-state index contributed by atoms with van der Waals surface area (Å²) in [6.45, 7) is 11.2. The van der Waals surface area contributed by atoms with Crippen LogP contribution in [0.5, 0.6) is 5.75 Å². The summed E-state index contributed by atoms with van der Waals surface area (Å²) in [5, 5.41) is 3.59. The summed E-state index contributed by atoms with van der Waals surface area (Å²) in [7, 11) is 1.72. The Kier molecular flexibility index (Phi) is 7.60. The lowest BCUT2D eigenvalue weighted by molar-refractivity contribution is 0.351. The molecule has 2 nitrogen and oxygen atoms in total. The molecule has 1 N–H and O–H groups in total. The largest absolute Gasteiger partial charge is 0.497 e. The van der Waals surface area contributed by atoms with Crippen LogP contribution >= 0.6 is 15.9 Å². The molecule has 0 heterocycles. The van der Waals surface area contributed by atoms with Gasteiger partial charge in [0, 0.05) is 4.47 Å². The number of halogens is 1. The summed E-state index contributed by atoms with van der Waals surface area (Å²) in [4.78, 5) is 0. The minimum absolute atomic E-state index is 0.636. The molecule has 1 rings (SSSR count). The number of rotatable bonds is 8. The molecule has 0 aromatic heterocycles. The van der Waals surface area contributed by atoms with Gasteiger partial charge < -0.3 is 10.1 Å². The lowest BCUT2D eigenvalue weighted by Gasteiger charge is -2.23. The van der Waals surface area contributed by atoms with Gasteiger partial charge in [0.2, 0.25) is 0 Å². The van der Waals surface area contributed by atoms with Crippen molar-refractivity contribution in [1.29, 1.82) is 0 Å². The van der Waals surface area contributed by atoms with Crippen molar-refractivity contribution in [3.63, 3.8) is 0 Å². The number of ether oxygens (including phenoxy) is 1. The van der Waals surface area contributed by atoms with Crippen LogP contribution in [0.3, 0.4) is 0 Å². The second-order valence-corrected chi connectivity index (χ2v) is 7.07. The van der Waals surface area contributed by atoms with Crippen LogP contribution in [0.25, 0.3) is 0 Å². The third-order valence-electron chi connectivity index (χ3n) is 3.64. The molecule has 0 amide bonds. The molecule has 1 unspecified atom stereocenters. The van der Waals surface area contributed by atoms with Gasteiger partial charge in [-0.05, 0) is 61.0 Å². The van der Waals surface area contributed by atoms with Gasteiger partial charge in [-0.15, -0.1) is 0 Å². The first-order chi connectivity index (χ1) is 9.43. The molecule has 0 aliphatic heterocycles. The Morgan fingerprint density at radius 2 is 1.85 bits per heavy atom. The summed E-state index contributed by atoms with van der Waals surface area (Å²) in [5.74, 6) is 2.93. The van der Waals surface area contributed by atoms with E-state index in [2.05, 4.69) is 61.1 Å². The van der Waals surface area contributed by atoms with Gasteiger partial charge in [0.1, 0.15) is 5.75 Å². The molecule has 0 saturated carbocycles. The number of hydrogen-bond donors (Lipinski definition) is 1. The lowest BCUT2D eigenvalue weighted by Crippen LogP contribution is -2.30. The fourth-order valence-electron chi connectivity index (χ4n) is 2.22. The third-order valence-corrected chi connectivity index (χ3v) is 4.41. The number of hydrogen-bond acceptors (Lipinski definition) is 2. The summed E-state index contributed by atoms with van der Waals surface area (Å²) >= 11 is 3.65. The molecule has 0 fully saturated rings. The zero-order chi connectivity index (χ0) is 15.1. The van der Waals surface area contributed by atoms with E-state index in [0.717, 1.165) is 25.3 Å². The monoisotopic (exact) mass is 341 g/mol. The molecule has 1 atom stereocenters.